The molecule has 0 unspecified atom stereocenters. The predicted octanol–water partition coefficient (Wildman–Crippen LogP) is 3.21. The number of hydrogen-bond acceptors (Lipinski definition) is 0. The average Bonchev–Trinajstić information content (AvgIpc) is 2.42. The molecular formula is C11H11ClN. The summed E-state index contributed by atoms with van der Waals surface area (Å²) in [5.74, 6) is 0. The lowest BCUT2D eigenvalue weighted by Crippen LogP contribution is -1.82. The Morgan fingerprint density at radius 2 is 2.23 bits per heavy atom. The number of aryl methyl sites for hydroxylation is 1. The van der Waals surface area contributed by atoms with E-state index in [1.807, 2.05) is 25.2 Å². The van der Waals surface area contributed by atoms with Crippen molar-refractivity contribution in [3.05, 3.63) is 41.9 Å². The molecule has 1 aromatic carbocycles. The molecule has 1 heterocycles. The number of aromatic nitrogens is 1. The highest BCUT2D eigenvalue weighted by Crippen LogP contribution is 2.24. The lowest BCUT2D eigenvalue weighted by Gasteiger charge is -1.96. The summed E-state index contributed by atoms with van der Waals surface area (Å²) in [6.45, 7) is 3.89. The highest BCUT2D eigenvalue weighted by Gasteiger charge is 2.04. The van der Waals surface area contributed by atoms with Crippen LogP contribution in [0.3, 0.4) is 0 Å². The summed E-state index contributed by atoms with van der Waals surface area (Å²) in [6, 6.07) is 5.95. The maximum Gasteiger partial charge on any atom is 0.0481 e. The maximum atomic E-state index is 5.93. The zero-order chi connectivity index (χ0) is 9.42. The van der Waals surface area contributed by atoms with Gasteiger partial charge in [-0.25, -0.2) is 0 Å². The second kappa shape index (κ2) is 3.08. The van der Waals surface area contributed by atoms with Crippen molar-refractivity contribution in [2.45, 2.75) is 6.42 Å². The summed E-state index contributed by atoms with van der Waals surface area (Å²) in [6.07, 6.45) is 2.91. The van der Waals surface area contributed by atoms with Crippen LogP contribution in [0.15, 0.2) is 24.4 Å². The van der Waals surface area contributed by atoms with Crippen LogP contribution in [0, 0.1) is 6.92 Å². The van der Waals surface area contributed by atoms with Gasteiger partial charge in [-0.05, 0) is 37.1 Å². The summed E-state index contributed by atoms with van der Waals surface area (Å²) in [4.78, 5) is 0. The van der Waals surface area contributed by atoms with Gasteiger partial charge in [-0.15, -0.1) is 0 Å². The largest absolute Gasteiger partial charge is 0.350 e. The number of nitrogens with zero attached hydrogens (tertiary/aromatic N) is 1. The second-order valence-electron chi connectivity index (χ2n) is 3.18. The number of halogens is 1. The van der Waals surface area contributed by atoms with Crippen molar-refractivity contribution in [3.63, 3.8) is 0 Å². The first-order chi connectivity index (χ1) is 6.22. The van der Waals surface area contributed by atoms with Crippen LogP contribution in [0.1, 0.15) is 5.56 Å². The van der Waals surface area contributed by atoms with Crippen molar-refractivity contribution in [2.75, 3.05) is 0 Å². The van der Waals surface area contributed by atoms with E-state index in [1.54, 1.807) is 0 Å². The van der Waals surface area contributed by atoms with Crippen molar-refractivity contribution < 1.29 is 0 Å². The Labute approximate surface area is 82.9 Å². The zero-order valence-electron chi connectivity index (χ0n) is 7.55. The molecular weight excluding hydrogens is 182 g/mol. The number of hydrogen-bond donors (Lipinski definition) is 0. The van der Waals surface area contributed by atoms with Crippen LogP contribution in [-0.2, 0) is 13.5 Å². The molecule has 0 saturated carbocycles. The van der Waals surface area contributed by atoms with Crippen molar-refractivity contribution >= 4 is 22.5 Å². The van der Waals surface area contributed by atoms with Gasteiger partial charge in [0.25, 0.3) is 0 Å². The molecule has 0 aliphatic heterocycles. The standard InChI is InChI=1S/C11H11ClN/c1-3-8-7-13(2)11-5-4-9(12)6-10(8)11/h4-7H,1,3H2,2H3. The van der Waals surface area contributed by atoms with Gasteiger partial charge in [0.1, 0.15) is 0 Å². The van der Waals surface area contributed by atoms with Gasteiger partial charge in [0.2, 0.25) is 0 Å². The van der Waals surface area contributed by atoms with Gasteiger partial charge in [-0.1, -0.05) is 11.6 Å². The minimum atomic E-state index is 0.786. The fourth-order valence-electron chi connectivity index (χ4n) is 1.65. The lowest BCUT2D eigenvalue weighted by atomic mass is 10.1. The molecule has 0 saturated heterocycles. The molecule has 0 amide bonds. The molecule has 0 atom stereocenters. The van der Waals surface area contributed by atoms with Crippen molar-refractivity contribution in [3.8, 4) is 0 Å². The predicted molar refractivity (Wildman–Crippen MR) is 57.0 cm³/mol. The zero-order valence-corrected chi connectivity index (χ0v) is 8.30. The fraction of sp³-hybridized carbons (Fsp3) is 0.182. The number of benzene rings is 1. The topological polar surface area (TPSA) is 4.93 Å². The smallest absolute Gasteiger partial charge is 0.0481 e. The molecule has 67 valence electrons. The first-order valence-electron chi connectivity index (χ1n) is 4.25. The van der Waals surface area contributed by atoms with Crippen LogP contribution >= 0.6 is 11.6 Å². The SMILES string of the molecule is [CH2]Cc1cn(C)c2ccc(Cl)cc12. The minimum Gasteiger partial charge on any atom is -0.350 e. The van der Waals surface area contributed by atoms with Gasteiger partial charge < -0.3 is 4.57 Å². The third-order valence-corrected chi connectivity index (χ3v) is 2.54. The minimum absolute atomic E-state index is 0.786. The van der Waals surface area contributed by atoms with E-state index in [0.29, 0.717) is 0 Å². The molecule has 2 heteroatoms. The molecule has 1 aromatic heterocycles. The summed E-state index contributed by atoms with van der Waals surface area (Å²) in [5, 5.41) is 2.00. The molecule has 2 rings (SSSR count). The lowest BCUT2D eigenvalue weighted by molar-refractivity contribution is 0.960. The van der Waals surface area contributed by atoms with E-state index in [4.69, 9.17) is 11.6 Å². The van der Waals surface area contributed by atoms with Crippen molar-refractivity contribution in [1.29, 1.82) is 0 Å². The normalized spacial score (nSPS) is 11.0. The van der Waals surface area contributed by atoms with E-state index < -0.39 is 0 Å². The number of rotatable bonds is 1. The van der Waals surface area contributed by atoms with Crippen LogP contribution in [0.2, 0.25) is 5.02 Å². The van der Waals surface area contributed by atoms with Crippen LogP contribution in [-0.4, -0.2) is 4.57 Å². The molecule has 1 nitrogen and oxygen atoms in total. The molecule has 0 bridgehead atoms. The van der Waals surface area contributed by atoms with E-state index in [1.165, 1.54) is 16.5 Å². The van der Waals surface area contributed by atoms with Crippen molar-refractivity contribution in [2.24, 2.45) is 7.05 Å². The van der Waals surface area contributed by atoms with E-state index >= 15 is 0 Å². The van der Waals surface area contributed by atoms with Gasteiger partial charge in [-0.3, -0.25) is 0 Å². The third-order valence-electron chi connectivity index (χ3n) is 2.30. The highest BCUT2D eigenvalue weighted by atomic mass is 35.5. The van der Waals surface area contributed by atoms with Gasteiger partial charge in [0, 0.05) is 29.2 Å². The molecule has 0 aliphatic rings. The van der Waals surface area contributed by atoms with E-state index in [0.717, 1.165) is 11.4 Å². The first kappa shape index (κ1) is 8.64. The highest BCUT2D eigenvalue weighted by molar-refractivity contribution is 6.31. The van der Waals surface area contributed by atoms with E-state index in [-0.39, 0.29) is 0 Å². The molecule has 0 spiro atoms. The Kier molecular flexibility index (Phi) is 2.04. The Morgan fingerprint density at radius 3 is 2.92 bits per heavy atom. The molecule has 0 N–H and O–H groups in total. The molecule has 0 aliphatic carbocycles. The Balaban J connectivity index is 2.81. The number of fused-ring (bicyclic) bond motifs is 1. The summed E-state index contributed by atoms with van der Waals surface area (Å²) in [7, 11) is 2.04. The Morgan fingerprint density at radius 1 is 1.46 bits per heavy atom. The Bertz CT molecular complexity index is 443. The second-order valence-corrected chi connectivity index (χ2v) is 3.61. The van der Waals surface area contributed by atoms with Crippen LogP contribution in [0.5, 0.6) is 0 Å². The van der Waals surface area contributed by atoms with Gasteiger partial charge >= 0.3 is 0 Å². The third kappa shape index (κ3) is 1.33. The average molecular weight is 193 g/mol. The maximum absolute atomic E-state index is 5.93. The van der Waals surface area contributed by atoms with E-state index in [9.17, 15) is 0 Å². The van der Waals surface area contributed by atoms with Crippen LogP contribution < -0.4 is 0 Å². The summed E-state index contributed by atoms with van der Waals surface area (Å²) < 4.78 is 2.10. The van der Waals surface area contributed by atoms with E-state index in [2.05, 4.69) is 17.7 Å². The van der Waals surface area contributed by atoms with Gasteiger partial charge in [-0.2, -0.15) is 0 Å². The molecule has 13 heavy (non-hydrogen) atoms. The quantitative estimate of drug-likeness (QED) is 0.654. The van der Waals surface area contributed by atoms with Crippen molar-refractivity contribution in [1.82, 2.24) is 4.57 Å². The molecule has 2 aromatic rings. The van der Waals surface area contributed by atoms with Gasteiger partial charge in [0.15, 0.2) is 0 Å². The summed E-state index contributed by atoms with van der Waals surface area (Å²) in [5.41, 5.74) is 2.46. The Hall–Kier alpha value is -0.950. The monoisotopic (exact) mass is 192 g/mol. The van der Waals surface area contributed by atoms with Gasteiger partial charge in [0.05, 0.1) is 0 Å². The molecule has 0 fully saturated rings. The first-order valence-corrected chi connectivity index (χ1v) is 4.63. The van der Waals surface area contributed by atoms with Crippen LogP contribution in [0.25, 0.3) is 10.9 Å². The molecule has 1 radical (unpaired) electrons. The summed E-state index contributed by atoms with van der Waals surface area (Å²) >= 11 is 5.93. The van der Waals surface area contributed by atoms with Crippen LogP contribution in [0.4, 0.5) is 0 Å². The fourth-order valence-corrected chi connectivity index (χ4v) is 1.82.